The zero-order valence-corrected chi connectivity index (χ0v) is 15.3. The molecule has 0 aliphatic carbocycles. The van der Waals surface area contributed by atoms with Gasteiger partial charge in [-0.15, -0.1) is 0 Å². The van der Waals surface area contributed by atoms with Crippen LogP contribution in [0.5, 0.6) is 0 Å². The van der Waals surface area contributed by atoms with E-state index in [0.717, 1.165) is 16.8 Å². The Kier molecular flexibility index (Phi) is 5.80. The minimum absolute atomic E-state index is 0.357. The van der Waals surface area contributed by atoms with Gasteiger partial charge in [0.15, 0.2) is 6.10 Å². The molecule has 1 unspecified atom stereocenters. The zero-order chi connectivity index (χ0) is 18.6. The van der Waals surface area contributed by atoms with Crippen LogP contribution >= 0.6 is 0 Å². The van der Waals surface area contributed by atoms with Gasteiger partial charge in [-0.25, -0.2) is 4.79 Å². The Morgan fingerprint density at radius 3 is 2.44 bits per heavy atom. The average Bonchev–Trinajstić information content (AvgIpc) is 2.57. The second kappa shape index (κ2) is 7.83. The van der Waals surface area contributed by atoms with E-state index < -0.39 is 12.1 Å². The average molecular weight is 340 g/mol. The predicted octanol–water partition coefficient (Wildman–Crippen LogP) is 3.55. The summed E-state index contributed by atoms with van der Waals surface area (Å²) in [5, 5.41) is 2.80. The standard InChI is InChI=1S/C20H24N2O3/c1-13-9-10-18(14(2)11-13)21-19(23)15(3)25-20(24)16-7-6-8-17(12-16)22(4)5/h6-12,15H,1-5H3,(H,21,23). The van der Waals surface area contributed by atoms with Crippen LogP contribution in [0.4, 0.5) is 11.4 Å². The Bertz CT molecular complexity index is 784. The van der Waals surface area contributed by atoms with E-state index in [4.69, 9.17) is 4.74 Å². The highest BCUT2D eigenvalue weighted by Gasteiger charge is 2.20. The molecule has 5 nitrogen and oxygen atoms in total. The first-order chi connectivity index (χ1) is 11.8. The van der Waals surface area contributed by atoms with Crippen molar-refractivity contribution in [3.8, 4) is 0 Å². The fourth-order valence-electron chi connectivity index (χ4n) is 2.38. The van der Waals surface area contributed by atoms with Crippen LogP contribution in [0.3, 0.4) is 0 Å². The number of nitrogens with one attached hydrogen (secondary N) is 1. The summed E-state index contributed by atoms with van der Waals surface area (Å²) >= 11 is 0. The summed E-state index contributed by atoms with van der Waals surface area (Å²) in [5.74, 6) is -0.879. The van der Waals surface area contributed by atoms with Crippen LogP contribution in [-0.2, 0) is 9.53 Å². The van der Waals surface area contributed by atoms with Gasteiger partial charge in [-0.05, 0) is 50.6 Å². The molecule has 132 valence electrons. The number of benzene rings is 2. The minimum Gasteiger partial charge on any atom is -0.449 e. The first-order valence-electron chi connectivity index (χ1n) is 8.14. The Balaban J connectivity index is 2.03. The predicted molar refractivity (Wildman–Crippen MR) is 100 cm³/mol. The van der Waals surface area contributed by atoms with Gasteiger partial charge in [0, 0.05) is 25.5 Å². The molecule has 2 aromatic carbocycles. The van der Waals surface area contributed by atoms with Crippen molar-refractivity contribution in [2.45, 2.75) is 26.9 Å². The highest BCUT2D eigenvalue weighted by Crippen LogP contribution is 2.18. The number of amides is 1. The van der Waals surface area contributed by atoms with Crippen LogP contribution in [-0.4, -0.2) is 32.1 Å². The molecule has 0 heterocycles. The van der Waals surface area contributed by atoms with Crippen LogP contribution in [0, 0.1) is 13.8 Å². The number of aryl methyl sites for hydroxylation is 2. The Hall–Kier alpha value is -2.82. The maximum absolute atomic E-state index is 12.3. The number of hydrogen-bond acceptors (Lipinski definition) is 4. The molecule has 0 saturated carbocycles. The lowest BCUT2D eigenvalue weighted by atomic mass is 10.1. The maximum atomic E-state index is 12.3. The smallest absolute Gasteiger partial charge is 0.338 e. The Labute approximate surface area is 148 Å². The van der Waals surface area contributed by atoms with Crippen molar-refractivity contribution in [1.29, 1.82) is 0 Å². The van der Waals surface area contributed by atoms with Crippen molar-refractivity contribution in [1.82, 2.24) is 0 Å². The summed E-state index contributed by atoms with van der Waals surface area (Å²) in [4.78, 5) is 26.5. The normalized spacial score (nSPS) is 11.6. The van der Waals surface area contributed by atoms with E-state index in [1.54, 1.807) is 25.1 Å². The number of rotatable bonds is 5. The lowest BCUT2D eigenvalue weighted by Crippen LogP contribution is -2.30. The quantitative estimate of drug-likeness (QED) is 0.846. The second-order valence-corrected chi connectivity index (χ2v) is 6.30. The Morgan fingerprint density at radius 1 is 1.08 bits per heavy atom. The van der Waals surface area contributed by atoms with Crippen molar-refractivity contribution >= 4 is 23.3 Å². The molecule has 1 atom stereocenters. The highest BCUT2D eigenvalue weighted by molar-refractivity contribution is 5.98. The van der Waals surface area contributed by atoms with E-state index in [1.807, 2.05) is 57.1 Å². The van der Waals surface area contributed by atoms with Crippen LogP contribution in [0.2, 0.25) is 0 Å². The third-order valence-corrected chi connectivity index (χ3v) is 3.89. The molecule has 0 spiro atoms. The molecule has 0 radical (unpaired) electrons. The molecule has 0 fully saturated rings. The molecule has 1 amide bonds. The van der Waals surface area contributed by atoms with Crippen molar-refractivity contribution < 1.29 is 14.3 Å². The summed E-state index contributed by atoms with van der Waals surface area (Å²) < 4.78 is 5.30. The first-order valence-corrected chi connectivity index (χ1v) is 8.14. The molecule has 1 N–H and O–H groups in total. The maximum Gasteiger partial charge on any atom is 0.338 e. The fourth-order valence-corrected chi connectivity index (χ4v) is 2.38. The second-order valence-electron chi connectivity index (χ2n) is 6.30. The van der Waals surface area contributed by atoms with Crippen molar-refractivity contribution in [2.24, 2.45) is 0 Å². The number of esters is 1. The molecule has 0 aliphatic rings. The van der Waals surface area contributed by atoms with Crippen LogP contribution in [0.1, 0.15) is 28.4 Å². The number of carbonyl (C=O) groups excluding carboxylic acids is 2. The van der Waals surface area contributed by atoms with E-state index in [-0.39, 0.29) is 5.91 Å². The van der Waals surface area contributed by atoms with Crippen LogP contribution in [0.15, 0.2) is 42.5 Å². The summed E-state index contributed by atoms with van der Waals surface area (Å²) in [6.45, 7) is 5.48. The van der Waals surface area contributed by atoms with Crippen LogP contribution < -0.4 is 10.2 Å². The summed E-state index contributed by atoms with van der Waals surface area (Å²) in [5.41, 5.74) is 4.11. The van der Waals surface area contributed by atoms with Crippen molar-refractivity contribution in [2.75, 3.05) is 24.3 Å². The monoisotopic (exact) mass is 340 g/mol. The van der Waals surface area contributed by atoms with Gasteiger partial charge < -0.3 is 15.0 Å². The van der Waals surface area contributed by atoms with Crippen LogP contribution in [0.25, 0.3) is 0 Å². The molecular weight excluding hydrogens is 316 g/mol. The van der Waals surface area contributed by atoms with Crippen molar-refractivity contribution in [3.05, 3.63) is 59.2 Å². The number of carbonyl (C=O) groups is 2. The van der Waals surface area contributed by atoms with Gasteiger partial charge in [-0.1, -0.05) is 23.8 Å². The molecule has 0 saturated heterocycles. The number of ether oxygens (including phenoxy) is 1. The lowest BCUT2D eigenvalue weighted by Gasteiger charge is -2.16. The summed E-state index contributed by atoms with van der Waals surface area (Å²) in [6, 6.07) is 12.8. The van der Waals surface area contributed by atoms with Gasteiger partial charge in [-0.2, -0.15) is 0 Å². The summed E-state index contributed by atoms with van der Waals surface area (Å²) in [7, 11) is 3.79. The zero-order valence-electron chi connectivity index (χ0n) is 15.3. The molecule has 2 rings (SSSR count). The molecule has 25 heavy (non-hydrogen) atoms. The third kappa shape index (κ3) is 4.83. The van der Waals surface area contributed by atoms with Crippen molar-refractivity contribution in [3.63, 3.8) is 0 Å². The van der Waals surface area contributed by atoms with Gasteiger partial charge in [-0.3, -0.25) is 4.79 Å². The van der Waals surface area contributed by atoms with Gasteiger partial charge in [0.2, 0.25) is 0 Å². The minimum atomic E-state index is -0.892. The molecule has 0 aliphatic heterocycles. The number of anilines is 2. The molecule has 2 aromatic rings. The lowest BCUT2D eigenvalue weighted by molar-refractivity contribution is -0.123. The fraction of sp³-hybridized carbons (Fsp3) is 0.300. The van der Waals surface area contributed by atoms with Gasteiger partial charge in [0.05, 0.1) is 5.56 Å². The third-order valence-electron chi connectivity index (χ3n) is 3.89. The van der Waals surface area contributed by atoms with Gasteiger partial charge in [0.25, 0.3) is 5.91 Å². The van der Waals surface area contributed by atoms with E-state index in [9.17, 15) is 9.59 Å². The SMILES string of the molecule is Cc1ccc(NC(=O)C(C)OC(=O)c2cccc(N(C)C)c2)c(C)c1. The van der Waals surface area contributed by atoms with Gasteiger partial charge >= 0.3 is 5.97 Å². The van der Waals surface area contributed by atoms with E-state index in [2.05, 4.69) is 5.32 Å². The topological polar surface area (TPSA) is 58.6 Å². The molecule has 0 bridgehead atoms. The molecular formula is C20H24N2O3. The largest absolute Gasteiger partial charge is 0.449 e. The van der Waals surface area contributed by atoms with Gasteiger partial charge in [0.1, 0.15) is 0 Å². The number of hydrogen-bond donors (Lipinski definition) is 1. The van der Waals surface area contributed by atoms with E-state index in [1.165, 1.54) is 0 Å². The Morgan fingerprint density at radius 2 is 1.80 bits per heavy atom. The molecule has 5 heteroatoms. The van der Waals surface area contributed by atoms with E-state index >= 15 is 0 Å². The van der Waals surface area contributed by atoms with E-state index in [0.29, 0.717) is 11.3 Å². The molecule has 0 aromatic heterocycles. The number of nitrogens with zero attached hydrogens (tertiary/aromatic N) is 1. The summed E-state index contributed by atoms with van der Waals surface area (Å²) in [6.07, 6.45) is -0.892. The first kappa shape index (κ1) is 18.5. The highest BCUT2D eigenvalue weighted by atomic mass is 16.5.